The van der Waals surface area contributed by atoms with Gasteiger partial charge < -0.3 is 40.1 Å². The number of rotatable bonds is 5. The highest BCUT2D eigenvalue weighted by atomic mass is 16.7. The first-order chi connectivity index (χ1) is 13.0. The molecule has 0 aromatic carbocycles. The van der Waals surface area contributed by atoms with Crippen LogP contribution < -0.4 is 0 Å². The van der Waals surface area contributed by atoms with E-state index in [1.807, 2.05) is 0 Å². The molecular weight excluding hydrogens is 388 g/mol. The molecule has 0 aliphatic heterocycles. The van der Waals surface area contributed by atoms with Crippen LogP contribution in [-0.4, -0.2) is 76.1 Å². The van der Waals surface area contributed by atoms with Crippen LogP contribution in [0.2, 0.25) is 0 Å². The molecule has 6 N–H and O–H groups in total. The van der Waals surface area contributed by atoms with E-state index in [2.05, 4.69) is 9.47 Å². The molecule has 0 fully saturated rings. The van der Waals surface area contributed by atoms with E-state index in [-0.39, 0.29) is 9.13 Å². The number of aliphatic hydroxyl groups excluding tert-OH is 2. The maximum absolute atomic E-state index is 11.7. The van der Waals surface area contributed by atoms with Crippen molar-refractivity contribution in [1.82, 2.24) is 9.13 Å². The second kappa shape index (κ2) is 7.68. The lowest BCUT2D eigenvalue weighted by atomic mass is 10.2. The number of hydrogen-bond acceptors (Lipinski definition) is 12. The van der Waals surface area contributed by atoms with E-state index in [1.165, 1.54) is 0 Å². The largest absolute Gasteiger partial charge is 0.494 e. The summed E-state index contributed by atoms with van der Waals surface area (Å²) in [5.74, 6) is -7.11. The first-order valence-corrected chi connectivity index (χ1v) is 7.10. The fourth-order valence-electron chi connectivity index (χ4n) is 1.85. The van der Waals surface area contributed by atoms with Crippen LogP contribution in [0.3, 0.4) is 0 Å². The molecule has 2 rings (SSSR count). The summed E-state index contributed by atoms with van der Waals surface area (Å²) in [6.45, 7) is 0. The molecule has 150 valence electrons. The van der Waals surface area contributed by atoms with Crippen LogP contribution in [0, 0.1) is 0 Å². The SMILES string of the molecule is O=C(C(=O)C(O)OC(=O)n1c(O)ccc1O)C(O)OC(=O)n1c(O)ccc1O. The van der Waals surface area contributed by atoms with E-state index in [9.17, 15) is 49.8 Å². The van der Waals surface area contributed by atoms with Gasteiger partial charge in [-0.25, -0.2) is 9.59 Å². The number of nitrogens with zero attached hydrogens (tertiary/aromatic N) is 2. The van der Waals surface area contributed by atoms with Crippen LogP contribution >= 0.6 is 0 Å². The standard InChI is InChI=1S/C14H12N2O12/c17-5-1-2-6(18)15(5)13(25)27-11(23)9(21)10(22)12(24)28-14(26)16-7(19)3-4-8(16)20/h1-4,11-12,17-20,23-24H. The Morgan fingerprint density at radius 3 is 1.14 bits per heavy atom. The van der Waals surface area contributed by atoms with Gasteiger partial charge in [0.1, 0.15) is 0 Å². The molecule has 2 heterocycles. The topological polar surface area (TPSA) is 218 Å². The van der Waals surface area contributed by atoms with Crippen LogP contribution in [-0.2, 0) is 19.1 Å². The van der Waals surface area contributed by atoms with Gasteiger partial charge in [0.15, 0.2) is 0 Å². The smallest absolute Gasteiger partial charge is 0.426 e. The molecule has 0 radical (unpaired) electrons. The number of aromatic hydroxyl groups is 4. The lowest BCUT2D eigenvalue weighted by molar-refractivity contribution is -0.166. The molecule has 0 saturated heterocycles. The molecule has 28 heavy (non-hydrogen) atoms. The predicted octanol–water partition coefficient (Wildman–Crippen LogP) is -1.44. The Morgan fingerprint density at radius 1 is 0.643 bits per heavy atom. The van der Waals surface area contributed by atoms with E-state index in [4.69, 9.17) is 0 Å². The minimum absolute atomic E-state index is 0.134. The first-order valence-electron chi connectivity index (χ1n) is 7.10. The van der Waals surface area contributed by atoms with E-state index in [1.54, 1.807) is 0 Å². The minimum atomic E-state index is -2.79. The van der Waals surface area contributed by atoms with Crippen molar-refractivity contribution in [1.29, 1.82) is 0 Å². The van der Waals surface area contributed by atoms with Crippen molar-refractivity contribution in [3.8, 4) is 23.5 Å². The maximum atomic E-state index is 11.7. The van der Waals surface area contributed by atoms with Crippen molar-refractivity contribution in [3.63, 3.8) is 0 Å². The number of Topliss-reactive ketones (excluding diaryl/α,β-unsaturated/α-hetero) is 2. The third-order valence-corrected chi connectivity index (χ3v) is 3.16. The normalized spacial score (nSPS) is 12.8. The molecule has 0 aliphatic rings. The number of aliphatic hydroxyl groups is 2. The molecule has 0 aliphatic carbocycles. The highest BCUT2D eigenvalue weighted by Crippen LogP contribution is 2.22. The molecule has 0 amide bonds. The maximum Gasteiger partial charge on any atom is 0.426 e. The van der Waals surface area contributed by atoms with Crippen LogP contribution in [0.15, 0.2) is 24.3 Å². The number of hydrogen-bond donors (Lipinski definition) is 6. The number of ketones is 2. The van der Waals surface area contributed by atoms with Crippen molar-refractivity contribution in [2.24, 2.45) is 0 Å². The second-order valence-electron chi connectivity index (χ2n) is 4.97. The molecule has 2 aromatic heterocycles. The van der Waals surface area contributed by atoms with Crippen LogP contribution in [0.1, 0.15) is 0 Å². The fourth-order valence-corrected chi connectivity index (χ4v) is 1.85. The number of ether oxygens (including phenoxy) is 2. The van der Waals surface area contributed by atoms with Gasteiger partial charge in [-0.2, -0.15) is 9.13 Å². The monoisotopic (exact) mass is 400 g/mol. The van der Waals surface area contributed by atoms with Gasteiger partial charge in [-0.3, -0.25) is 9.59 Å². The Kier molecular flexibility index (Phi) is 5.56. The highest BCUT2D eigenvalue weighted by molar-refractivity contribution is 6.40. The molecule has 2 unspecified atom stereocenters. The van der Waals surface area contributed by atoms with E-state index in [0.29, 0.717) is 0 Å². The van der Waals surface area contributed by atoms with Crippen LogP contribution in [0.25, 0.3) is 0 Å². The summed E-state index contributed by atoms with van der Waals surface area (Å²) >= 11 is 0. The van der Waals surface area contributed by atoms with Gasteiger partial charge >= 0.3 is 12.2 Å². The summed E-state index contributed by atoms with van der Waals surface area (Å²) in [4.78, 5) is 46.7. The number of carbonyl (C=O) groups excluding carboxylic acids is 4. The summed E-state index contributed by atoms with van der Waals surface area (Å²) < 4.78 is 8.58. The molecule has 14 heteroatoms. The van der Waals surface area contributed by atoms with Gasteiger partial charge in [-0.05, 0) is 0 Å². The molecule has 2 atom stereocenters. The second-order valence-corrected chi connectivity index (χ2v) is 4.97. The quantitative estimate of drug-likeness (QED) is 0.251. The third kappa shape index (κ3) is 3.87. The summed E-state index contributed by atoms with van der Waals surface area (Å²) in [5, 5.41) is 56.2. The Labute approximate surface area is 153 Å². The number of aromatic nitrogens is 2. The molecule has 0 saturated carbocycles. The average Bonchev–Trinajstić information content (AvgIpc) is 3.14. The Hall–Kier alpha value is -4.04. The molecule has 0 bridgehead atoms. The minimum Gasteiger partial charge on any atom is -0.494 e. The van der Waals surface area contributed by atoms with Gasteiger partial charge in [0, 0.05) is 24.3 Å². The van der Waals surface area contributed by atoms with Crippen LogP contribution in [0.4, 0.5) is 9.59 Å². The molecule has 0 spiro atoms. The summed E-state index contributed by atoms with van der Waals surface area (Å²) in [5.41, 5.74) is 0. The number of carbonyl (C=O) groups is 4. The Balaban J connectivity index is 2.01. The molecule has 14 nitrogen and oxygen atoms in total. The summed E-state index contributed by atoms with van der Waals surface area (Å²) in [7, 11) is 0. The van der Waals surface area contributed by atoms with E-state index >= 15 is 0 Å². The van der Waals surface area contributed by atoms with Gasteiger partial charge in [-0.1, -0.05) is 0 Å². The third-order valence-electron chi connectivity index (χ3n) is 3.16. The summed E-state index contributed by atoms with van der Waals surface area (Å²) in [6.07, 6.45) is -8.88. The van der Waals surface area contributed by atoms with Crippen molar-refractivity contribution in [2.75, 3.05) is 0 Å². The first kappa shape index (κ1) is 20.3. The van der Waals surface area contributed by atoms with Crippen LogP contribution in [0.5, 0.6) is 23.5 Å². The van der Waals surface area contributed by atoms with Crippen molar-refractivity contribution >= 4 is 23.8 Å². The zero-order valence-electron chi connectivity index (χ0n) is 13.5. The Morgan fingerprint density at radius 2 is 0.893 bits per heavy atom. The fraction of sp³-hybridized carbons (Fsp3) is 0.143. The van der Waals surface area contributed by atoms with Gasteiger partial charge in [0.05, 0.1) is 0 Å². The zero-order valence-corrected chi connectivity index (χ0v) is 13.5. The van der Waals surface area contributed by atoms with E-state index < -0.39 is 59.9 Å². The lowest BCUT2D eigenvalue weighted by Gasteiger charge is -2.14. The molecular formula is C14H12N2O12. The van der Waals surface area contributed by atoms with Gasteiger partial charge in [-0.15, -0.1) is 0 Å². The zero-order chi connectivity index (χ0) is 21.2. The highest BCUT2D eigenvalue weighted by Gasteiger charge is 2.35. The molecule has 2 aromatic rings. The Bertz CT molecular complexity index is 827. The lowest BCUT2D eigenvalue weighted by Crippen LogP contribution is -2.41. The van der Waals surface area contributed by atoms with Gasteiger partial charge in [0.25, 0.3) is 24.1 Å². The van der Waals surface area contributed by atoms with E-state index in [0.717, 1.165) is 24.3 Å². The average molecular weight is 400 g/mol. The van der Waals surface area contributed by atoms with Crippen molar-refractivity contribution < 1.29 is 59.3 Å². The van der Waals surface area contributed by atoms with Crippen molar-refractivity contribution in [2.45, 2.75) is 12.6 Å². The summed E-state index contributed by atoms with van der Waals surface area (Å²) in [6, 6.07) is 3.52. The van der Waals surface area contributed by atoms with Crippen molar-refractivity contribution in [3.05, 3.63) is 24.3 Å². The predicted molar refractivity (Wildman–Crippen MR) is 81.3 cm³/mol. The van der Waals surface area contributed by atoms with Gasteiger partial charge in [0.2, 0.25) is 23.5 Å².